The topological polar surface area (TPSA) is 63.6 Å². The van der Waals surface area contributed by atoms with Crippen LogP contribution in [0, 0.1) is 5.92 Å². The van der Waals surface area contributed by atoms with Gasteiger partial charge in [0.05, 0.1) is 19.4 Å². The first-order valence-corrected chi connectivity index (χ1v) is 5.89. The normalized spacial score (nSPS) is 9.82. The van der Waals surface area contributed by atoms with Gasteiger partial charge in [-0.15, -0.1) is 0 Å². The molecule has 0 aromatic carbocycles. The van der Waals surface area contributed by atoms with Gasteiger partial charge in [-0.1, -0.05) is 33.1 Å². The number of carboxylic acid groups (broad SMARTS) is 1. The van der Waals surface area contributed by atoms with Crippen LogP contribution in [0.15, 0.2) is 0 Å². The minimum atomic E-state index is -0.964. The van der Waals surface area contributed by atoms with Gasteiger partial charge in [0, 0.05) is 0 Å². The Morgan fingerprint density at radius 1 is 1.18 bits per heavy atom. The molecule has 0 saturated carbocycles. The van der Waals surface area contributed by atoms with E-state index in [0.717, 1.165) is 25.2 Å². The molecule has 0 rings (SSSR count). The van der Waals surface area contributed by atoms with Crippen LogP contribution in [0.5, 0.6) is 0 Å². The van der Waals surface area contributed by atoms with E-state index in [-0.39, 0.29) is 43.8 Å². The van der Waals surface area contributed by atoms with Crippen molar-refractivity contribution in [2.45, 2.75) is 52.4 Å². The number of unbranched alkanes of at least 4 members (excludes halogenated alkanes) is 2. The van der Waals surface area contributed by atoms with E-state index >= 15 is 0 Å². The van der Waals surface area contributed by atoms with Crippen molar-refractivity contribution < 1.29 is 50.4 Å². The molecule has 0 aliphatic rings. The largest absolute Gasteiger partial charge is 1.00 e. The van der Waals surface area contributed by atoms with Crippen molar-refractivity contribution in [2.24, 2.45) is 5.92 Å². The summed E-state index contributed by atoms with van der Waals surface area (Å²) in [5, 5.41) is 8.35. The molecule has 5 heteroatoms. The molecule has 0 atom stereocenters. The van der Waals surface area contributed by atoms with Crippen LogP contribution < -0.4 is 29.6 Å². The van der Waals surface area contributed by atoms with Gasteiger partial charge in [0.1, 0.15) is 0 Å². The fourth-order valence-electron chi connectivity index (χ4n) is 1.30. The third kappa shape index (κ3) is 15.9. The van der Waals surface area contributed by atoms with E-state index in [9.17, 15) is 9.59 Å². The van der Waals surface area contributed by atoms with Crippen LogP contribution in [-0.2, 0) is 14.3 Å². The van der Waals surface area contributed by atoms with E-state index in [4.69, 9.17) is 9.84 Å². The third-order valence-corrected chi connectivity index (χ3v) is 2.23. The van der Waals surface area contributed by atoms with E-state index < -0.39 is 11.9 Å². The Balaban J connectivity index is -0.00000112. The Hall–Kier alpha value is -0.0600. The zero-order valence-electron chi connectivity index (χ0n) is 12.2. The SMILES string of the molecule is CC(C)CCCCCOC(=O)CCC(=O)O.[H-].[Na+]. The minimum absolute atomic E-state index is 0. The molecule has 0 unspecified atom stereocenters. The molecule has 1 N–H and O–H groups in total. The Morgan fingerprint density at radius 3 is 2.35 bits per heavy atom. The molecule has 17 heavy (non-hydrogen) atoms. The number of esters is 1. The van der Waals surface area contributed by atoms with Crippen molar-refractivity contribution in [3.63, 3.8) is 0 Å². The maximum Gasteiger partial charge on any atom is 1.00 e. The molecule has 0 aliphatic heterocycles. The summed E-state index contributed by atoms with van der Waals surface area (Å²) in [4.78, 5) is 21.2. The molecule has 0 aromatic rings. The number of carbonyl (C=O) groups excluding carboxylic acids is 1. The summed E-state index contributed by atoms with van der Waals surface area (Å²) in [5.74, 6) is -0.654. The molecule has 96 valence electrons. The quantitative estimate of drug-likeness (QED) is 0.349. The van der Waals surface area contributed by atoms with E-state index in [0.29, 0.717) is 6.61 Å². The zero-order chi connectivity index (χ0) is 12.4. The van der Waals surface area contributed by atoms with Crippen molar-refractivity contribution in [3.05, 3.63) is 0 Å². The fourth-order valence-corrected chi connectivity index (χ4v) is 1.30. The Labute approximate surface area is 127 Å². The van der Waals surface area contributed by atoms with Crippen LogP contribution in [0.1, 0.15) is 53.8 Å². The summed E-state index contributed by atoms with van der Waals surface area (Å²) in [6, 6.07) is 0. The summed E-state index contributed by atoms with van der Waals surface area (Å²) in [6.07, 6.45) is 4.11. The van der Waals surface area contributed by atoms with Gasteiger partial charge >= 0.3 is 41.5 Å². The van der Waals surface area contributed by atoms with E-state index in [1.165, 1.54) is 6.42 Å². The van der Waals surface area contributed by atoms with E-state index in [1.54, 1.807) is 0 Å². The number of aliphatic carboxylic acids is 1. The van der Waals surface area contributed by atoms with Gasteiger partial charge in [-0.2, -0.15) is 0 Å². The smallest absolute Gasteiger partial charge is 1.00 e. The summed E-state index contributed by atoms with van der Waals surface area (Å²) >= 11 is 0. The number of ether oxygens (including phenoxy) is 1. The molecule has 0 aromatic heterocycles. The molecule has 0 bridgehead atoms. The molecule has 0 heterocycles. The number of hydrogen-bond acceptors (Lipinski definition) is 3. The average molecular weight is 254 g/mol. The summed E-state index contributed by atoms with van der Waals surface area (Å²) in [5.41, 5.74) is 0. The molecule has 0 spiro atoms. The summed E-state index contributed by atoms with van der Waals surface area (Å²) in [7, 11) is 0. The van der Waals surface area contributed by atoms with Crippen LogP contribution in [0.3, 0.4) is 0 Å². The van der Waals surface area contributed by atoms with Gasteiger partial charge in [-0.3, -0.25) is 9.59 Å². The predicted octanol–water partition coefficient (Wildman–Crippen LogP) is -0.273. The number of carbonyl (C=O) groups is 2. The molecule has 0 fully saturated rings. The fraction of sp³-hybridized carbons (Fsp3) is 0.833. The first-order chi connectivity index (χ1) is 7.52. The number of rotatable bonds is 9. The van der Waals surface area contributed by atoms with Crippen molar-refractivity contribution >= 4 is 11.9 Å². The van der Waals surface area contributed by atoms with E-state index in [1.807, 2.05) is 0 Å². The van der Waals surface area contributed by atoms with Crippen LogP contribution >= 0.6 is 0 Å². The van der Waals surface area contributed by atoms with Crippen LogP contribution in [0.25, 0.3) is 0 Å². The number of hydrogen-bond donors (Lipinski definition) is 1. The van der Waals surface area contributed by atoms with Gasteiger partial charge < -0.3 is 11.3 Å². The molecule has 0 amide bonds. The maximum atomic E-state index is 11.0. The molecule has 0 aliphatic carbocycles. The average Bonchev–Trinajstić information content (AvgIpc) is 2.19. The van der Waals surface area contributed by atoms with Crippen LogP contribution in [0.4, 0.5) is 0 Å². The first-order valence-electron chi connectivity index (χ1n) is 5.89. The molecule has 0 saturated heterocycles. The second kappa shape index (κ2) is 12.4. The van der Waals surface area contributed by atoms with E-state index in [2.05, 4.69) is 13.8 Å². The summed E-state index contributed by atoms with van der Waals surface area (Å²) in [6.45, 7) is 4.79. The minimum Gasteiger partial charge on any atom is -1.00 e. The Morgan fingerprint density at radius 2 is 1.82 bits per heavy atom. The standard InChI is InChI=1S/C12H22O4.Na.H/c1-10(2)6-4-3-5-9-16-12(15)8-7-11(13)14;;/h10H,3-9H2,1-2H3,(H,13,14);;/q;+1;-1. The van der Waals surface area contributed by atoms with Gasteiger partial charge in [0.15, 0.2) is 0 Å². The van der Waals surface area contributed by atoms with Crippen molar-refractivity contribution in [1.82, 2.24) is 0 Å². The molecule has 0 radical (unpaired) electrons. The second-order valence-corrected chi connectivity index (χ2v) is 4.36. The van der Waals surface area contributed by atoms with Crippen molar-refractivity contribution in [1.29, 1.82) is 0 Å². The third-order valence-electron chi connectivity index (χ3n) is 2.23. The Kier molecular flexibility index (Phi) is 14.1. The first kappa shape index (κ1) is 19.3. The van der Waals surface area contributed by atoms with Crippen LogP contribution in [0.2, 0.25) is 0 Å². The Bertz CT molecular complexity index is 222. The summed E-state index contributed by atoms with van der Waals surface area (Å²) < 4.78 is 4.90. The second-order valence-electron chi connectivity index (χ2n) is 4.36. The maximum absolute atomic E-state index is 11.0. The van der Waals surface area contributed by atoms with Gasteiger partial charge in [0.2, 0.25) is 0 Å². The van der Waals surface area contributed by atoms with Crippen LogP contribution in [-0.4, -0.2) is 23.7 Å². The number of carboxylic acids is 1. The van der Waals surface area contributed by atoms with Gasteiger partial charge in [-0.05, 0) is 12.3 Å². The van der Waals surface area contributed by atoms with Gasteiger partial charge in [0.25, 0.3) is 0 Å². The molecule has 4 nitrogen and oxygen atoms in total. The zero-order valence-corrected chi connectivity index (χ0v) is 13.2. The van der Waals surface area contributed by atoms with Crippen molar-refractivity contribution in [2.75, 3.05) is 6.61 Å². The van der Waals surface area contributed by atoms with Gasteiger partial charge in [-0.25, -0.2) is 0 Å². The monoisotopic (exact) mass is 254 g/mol. The predicted molar refractivity (Wildman–Crippen MR) is 62.2 cm³/mol. The molecular weight excluding hydrogens is 231 g/mol. The molecular formula is C12H23NaO4. The van der Waals surface area contributed by atoms with Crippen molar-refractivity contribution in [3.8, 4) is 0 Å².